The summed E-state index contributed by atoms with van der Waals surface area (Å²) >= 11 is 0. The lowest BCUT2D eigenvalue weighted by Gasteiger charge is -1.97. The van der Waals surface area contributed by atoms with Crippen molar-refractivity contribution in [3.8, 4) is 0 Å². The largest absolute Gasteiger partial charge is 0.501 e. The number of methoxy groups -OCH3 is 1. The second kappa shape index (κ2) is 20.4. The highest BCUT2D eigenvalue weighted by Crippen LogP contribution is 2.00. The van der Waals surface area contributed by atoms with Gasteiger partial charge in [0.05, 0.1) is 12.9 Å². The molecule has 0 aliphatic heterocycles. The predicted octanol–water partition coefficient (Wildman–Crippen LogP) is 5.36. The number of rotatable bonds is 6. The van der Waals surface area contributed by atoms with E-state index in [1.165, 1.54) is 0 Å². The smallest absolute Gasteiger partial charge is 0.0937 e. The van der Waals surface area contributed by atoms with Gasteiger partial charge in [-0.15, -0.1) is 0 Å². The van der Waals surface area contributed by atoms with Crippen LogP contribution in [0.4, 0.5) is 0 Å². The first kappa shape index (κ1) is 21.3. The number of allylic oxidation sites excluding steroid dienone is 3. The zero-order chi connectivity index (χ0) is 14.1. The highest BCUT2D eigenvalue weighted by atomic mass is 16.5. The monoisotopic (exact) mass is 241 g/mol. The SMILES string of the molecule is C=C(CC=N/C(C)=C\CCC)OC.CC.CC. The Hall–Kier alpha value is -1.05. The molecule has 0 saturated heterocycles. The maximum atomic E-state index is 4.91. The Morgan fingerprint density at radius 1 is 1.24 bits per heavy atom. The fourth-order valence-electron chi connectivity index (χ4n) is 0.781. The van der Waals surface area contributed by atoms with Crippen LogP contribution < -0.4 is 0 Å². The third-order valence-electron chi connectivity index (χ3n) is 1.63. The Morgan fingerprint density at radius 3 is 2.18 bits per heavy atom. The van der Waals surface area contributed by atoms with Crippen molar-refractivity contribution < 1.29 is 4.74 Å². The van der Waals surface area contributed by atoms with Crippen LogP contribution in [0, 0.1) is 0 Å². The minimum absolute atomic E-state index is 0.688. The van der Waals surface area contributed by atoms with Crippen molar-refractivity contribution in [2.24, 2.45) is 4.99 Å². The number of unbranched alkanes of at least 4 members (excludes halogenated alkanes) is 1. The molecule has 0 bridgehead atoms. The highest BCUT2D eigenvalue weighted by Gasteiger charge is 1.87. The Bertz CT molecular complexity index is 205. The van der Waals surface area contributed by atoms with Crippen molar-refractivity contribution in [2.45, 2.75) is 60.8 Å². The summed E-state index contributed by atoms with van der Waals surface area (Å²) in [6, 6.07) is 0. The molecule has 0 heterocycles. The molecule has 0 saturated carbocycles. The van der Waals surface area contributed by atoms with Crippen LogP contribution in [0.15, 0.2) is 29.1 Å². The number of aliphatic imine (C=N–C) groups is 1. The lowest BCUT2D eigenvalue weighted by Crippen LogP contribution is -1.85. The summed E-state index contributed by atoms with van der Waals surface area (Å²) in [5.74, 6) is 0.743. The maximum Gasteiger partial charge on any atom is 0.0937 e. The van der Waals surface area contributed by atoms with E-state index in [-0.39, 0.29) is 0 Å². The molecule has 0 aromatic heterocycles. The van der Waals surface area contributed by atoms with E-state index in [9.17, 15) is 0 Å². The van der Waals surface area contributed by atoms with Crippen LogP contribution in [0.5, 0.6) is 0 Å². The van der Waals surface area contributed by atoms with E-state index in [1.807, 2.05) is 40.8 Å². The molecule has 102 valence electrons. The average molecular weight is 241 g/mol. The van der Waals surface area contributed by atoms with Crippen LogP contribution in [0.3, 0.4) is 0 Å². The third kappa shape index (κ3) is 20.9. The first-order valence-electron chi connectivity index (χ1n) is 6.61. The summed E-state index contributed by atoms with van der Waals surface area (Å²) in [6.07, 6.45) is 6.90. The van der Waals surface area contributed by atoms with E-state index in [0.29, 0.717) is 6.42 Å². The van der Waals surface area contributed by atoms with Crippen LogP contribution in [-0.4, -0.2) is 13.3 Å². The van der Waals surface area contributed by atoms with Crippen LogP contribution in [0.1, 0.15) is 60.8 Å². The van der Waals surface area contributed by atoms with Crippen LogP contribution in [-0.2, 0) is 4.74 Å². The van der Waals surface area contributed by atoms with Crippen molar-refractivity contribution >= 4 is 6.21 Å². The second-order valence-corrected chi connectivity index (χ2v) is 2.89. The minimum atomic E-state index is 0.688. The topological polar surface area (TPSA) is 21.6 Å². The normalized spacial score (nSPS) is 9.94. The molecule has 0 spiro atoms. The number of nitrogens with zero attached hydrogens (tertiary/aromatic N) is 1. The molecule has 2 nitrogen and oxygen atoms in total. The van der Waals surface area contributed by atoms with Crippen molar-refractivity contribution in [2.75, 3.05) is 7.11 Å². The van der Waals surface area contributed by atoms with Gasteiger partial charge in [0.15, 0.2) is 0 Å². The van der Waals surface area contributed by atoms with Gasteiger partial charge in [-0.3, -0.25) is 4.99 Å². The van der Waals surface area contributed by atoms with Crippen LogP contribution >= 0.6 is 0 Å². The molecule has 0 amide bonds. The minimum Gasteiger partial charge on any atom is -0.501 e. The lowest BCUT2D eigenvalue weighted by atomic mass is 10.3. The quantitative estimate of drug-likeness (QED) is 0.453. The summed E-state index contributed by atoms with van der Waals surface area (Å²) in [6.45, 7) is 15.9. The summed E-state index contributed by atoms with van der Waals surface area (Å²) in [7, 11) is 1.62. The molecule has 0 fully saturated rings. The van der Waals surface area contributed by atoms with Gasteiger partial charge >= 0.3 is 0 Å². The first-order chi connectivity index (χ1) is 8.20. The van der Waals surface area contributed by atoms with E-state index in [4.69, 9.17) is 4.74 Å². The molecule has 0 aromatic carbocycles. The molecule has 0 atom stereocenters. The van der Waals surface area contributed by atoms with E-state index in [1.54, 1.807) is 7.11 Å². The first-order valence-corrected chi connectivity index (χ1v) is 6.61. The van der Waals surface area contributed by atoms with Crippen molar-refractivity contribution in [1.29, 1.82) is 0 Å². The van der Waals surface area contributed by atoms with Crippen molar-refractivity contribution in [3.63, 3.8) is 0 Å². The zero-order valence-corrected chi connectivity index (χ0v) is 12.8. The molecule has 0 N–H and O–H groups in total. The molecule has 0 aliphatic carbocycles. The van der Waals surface area contributed by atoms with Gasteiger partial charge in [0.1, 0.15) is 0 Å². The fourth-order valence-corrected chi connectivity index (χ4v) is 0.781. The molecule has 0 radical (unpaired) electrons. The molecule has 0 rings (SSSR count). The van der Waals surface area contributed by atoms with E-state index in [0.717, 1.165) is 24.3 Å². The maximum absolute atomic E-state index is 4.91. The molecular weight excluding hydrogens is 210 g/mol. The van der Waals surface area contributed by atoms with Gasteiger partial charge in [0.2, 0.25) is 0 Å². The van der Waals surface area contributed by atoms with E-state index in [2.05, 4.69) is 24.6 Å². The van der Waals surface area contributed by atoms with Gasteiger partial charge < -0.3 is 4.74 Å². The van der Waals surface area contributed by atoms with Gasteiger partial charge in [-0.25, -0.2) is 0 Å². The standard InChI is InChI=1S/C11H19NO.2C2H6/c1-5-6-7-10(2)12-9-8-11(3)13-4;2*1-2/h7,9H,3,5-6,8H2,1-2,4H3;2*1-2H3/b10-7-,12-9?;;. The number of hydrogen-bond acceptors (Lipinski definition) is 2. The predicted molar refractivity (Wildman–Crippen MR) is 80.6 cm³/mol. The fraction of sp³-hybridized carbons (Fsp3) is 0.667. The average Bonchev–Trinajstić information content (AvgIpc) is 2.40. The van der Waals surface area contributed by atoms with Gasteiger partial charge in [0.25, 0.3) is 0 Å². The zero-order valence-electron chi connectivity index (χ0n) is 12.8. The second-order valence-electron chi connectivity index (χ2n) is 2.89. The lowest BCUT2D eigenvalue weighted by molar-refractivity contribution is 0.290. The molecule has 0 unspecified atom stereocenters. The number of hydrogen-bond donors (Lipinski definition) is 0. The molecule has 0 aliphatic rings. The Kier molecular flexibility index (Phi) is 25.5. The van der Waals surface area contributed by atoms with Crippen molar-refractivity contribution in [3.05, 3.63) is 24.1 Å². The van der Waals surface area contributed by atoms with Crippen molar-refractivity contribution in [1.82, 2.24) is 0 Å². The van der Waals surface area contributed by atoms with Crippen LogP contribution in [0.2, 0.25) is 0 Å². The van der Waals surface area contributed by atoms with Crippen LogP contribution in [0.25, 0.3) is 0 Å². The Labute approximate surface area is 108 Å². The third-order valence-corrected chi connectivity index (χ3v) is 1.63. The molecular formula is C15H31NO. The molecule has 2 heteroatoms. The van der Waals surface area contributed by atoms with Gasteiger partial charge in [-0.05, 0) is 13.3 Å². The Balaban J connectivity index is -0.000000439. The van der Waals surface area contributed by atoms with E-state index < -0.39 is 0 Å². The highest BCUT2D eigenvalue weighted by molar-refractivity contribution is 5.61. The summed E-state index contributed by atoms with van der Waals surface area (Å²) < 4.78 is 4.91. The molecule has 0 aromatic rings. The van der Waals surface area contributed by atoms with Gasteiger partial charge in [-0.1, -0.05) is 53.7 Å². The number of ether oxygens (including phenoxy) is 1. The van der Waals surface area contributed by atoms with Gasteiger partial charge in [0, 0.05) is 18.3 Å². The molecule has 17 heavy (non-hydrogen) atoms. The Morgan fingerprint density at radius 2 is 1.76 bits per heavy atom. The van der Waals surface area contributed by atoms with E-state index >= 15 is 0 Å². The summed E-state index contributed by atoms with van der Waals surface area (Å²) in [5, 5.41) is 0. The van der Waals surface area contributed by atoms with Gasteiger partial charge in [-0.2, -0.15) is 0 Å². The summed E-state index contributed by atoms with van der Waals surface area (Å²) in [4.78, 5) is 4.24. The summed E-state index contributed by atoms with van der Waals surface area (Å²) in [5.41, 5.74) is 1.06.